The molecule has 4 heteroatoms. The Bertz CT molecular complexity index is 1130. The number of nitrogens with two attached hydrogens (primary N) is 1. The molecular formula is C23H18BrN3. The molecular weight excluding hydrogens is 398 g/mol. The van der Waals surface area contributed by atoms with E-state index in [0.29, 0.717) is 0 Å². The van der Waals surface area contributed by atoms with Crippen molar-refractivity contribution in [2.75, 3.05) is 5.73 Å². The zero-order chi connectivity index (χ0) is 18.4. The predicted octanol–water partition coefficient (Wildman–Crippen LogP) is 5.24. The van der Waals surface area contributed by atoms with Gasteiger partial charge in [-0.1, -0.05) is 70.5 Å². The van der Waals surface area contributed by atoms with E-state index in [-0.39, 0.29) is 5.54 Å². The third-order valence-electron chi connectivity index (χ3n) is 5.49. The highest BCUT2D eigenvalue weighted by molar-refractivity contribution is 9.10. The standard InChI is InChI=1S/C23H18BrN3/c24-18-11-9-17(10-12-18)23(15-16-5-1-4-8-21(16)25)20-7-3-2-6-19(20)22-26-13-14-27(22)23/h1-14H,15,25H2. The summed E-state index contributed by atoms with van der Waals surface area (Å²) in [4.78, 5) is 4.66. The van der Waals surface area contributed by atoms with Crippen molar-refractivity contribution in [2.24, 2.45) is 0 Å². The van der Waals surface area contributed by atoms with E-state index >= 15 is 0 Å². The summed E-state index contributed by atoms with van der Waals surface area (Å²) in [5, 5.41) is 0. The van der Waals surface area contributed by atoms with Crippen LogP contribution in [0.2, 0.25) is 0 Å². The number of hydrogen-bond acceptors (Lipinski definition) is 2. The molecule has 0 saturated carbocycles. The van der Waals surface area contributed by atoms with Crippen LogP contribution in [0.3, 0.4) is 0 Å². The second-order valence-electron chi connectivity index (χ2n) is 6.91. The molecule has 0 fully saturated rings. The van der Waals surface area contributed by atoms with E-state index in [1.54, 1.807) is 0 Å². The largest absolute Gasteiger partial charge is 0.399 e. The summed E-state index contributed by atoms with van der Waals surface area (Å²) >= 11 is 3.57. The van der Waals surface area contributed by atoms with Crippen molar-refractivity contribution in [3.05, 3.63) is 106 Å². The zero-order valence-corrected chi connectivity index (χ0v) is 16.2. The molecule has 3 nitrogen and oxygen atoms in total. The van der Waals surface area contributed by atoms with Gasteiger partial charge in [-0.15, -0.1) is 0 Å². The average molecular weight is 416 g/mol. The lowest BCUT2D eigenvalue weighted by Crippen LogP contribution is -2.35. The van der Waals surface area contributed by atoms with Gasteiger partial charge in [-0.2, -0.15) is 0 Å². The molecule has 2 N–H and O–H groups in total. The third kappa shape index (κ3) is 2.37. The normalized spacial score (nSPS) is 17.5. The van der Waals surface area contributed by atoms with Crippen LogP contribution in [0, 0.1) is 0 Å². The SMILES string of the molecule is Nc1ccccc1CC1(c2ccc(Br)cc2)c2ccccc2-c2nccn21. The van der Waals surface area contributed by atoms with Gasteiger partial charge in [0.15, 0.2) is 0 Å². The Morgan fingerprint density at radius 3 is 2.48 bits per heavy atom. The van der Waals surface area contributed by atoms with E-state index in [1.807, 2.05) is 18.3 Å². The van der Waals surface area contributed by atoms with Crippen LogP contribution in [-0.2, 0) is 12.0 Å². The summed E-state index contributed by atoms with van der Waals surface area (Å²) < 4.78 is 3.37. The van der Waals surface area contributed by atoms with E-state index < -0.39 is 0 Å². The molecule has 0 bridgehead atoms. The third-order valence-corrected chi connectivity index (χ3v) is 6.02. The molecule has 1 aliphatic rings. The van der Waals surface area contributed by atoms with Crippen LogP contribution >= 0.6 is 15.9 Å². The van der Waals surface area contributed by atoms with Crippen molar-refractivity contribution in [1.82, 2.24) is 9.55 Å². The molecule has 0 saturated heterocycles. The van der Waals surface area contributed by atoms with Gasteiger partial charge in [0, 0.05) is 34.5 Å². The van der Waals surface area contributed by atoms with Crippen LogP contribution in [-0.4, -0.2) is 9.55 Å². The molecule has 0 amide bonds. The highest BCUT2D eigenvalue weighted by atomic mass is 79.9. The fourth-order valence-electron chi connectivity index (χ4n) is 4.25. The van der Waals surface area contributed by atoms with Crippen molar-refractivity contribution in [1.29, 1.82) is 0 Å². The maximum atomic E-state index is 6.34. The van der Waals surface area contributed by atoms with Gasteiger partial charge in [-0.05, 0) is 34.9 Å². The monoisotopic (exact) mass is 415 g/mol. The quantitative estimate of drug-likeness (QED) is 0.464. The molecule has 132 valence electrons. The Kier molecular flexibility index (Phi) is 3.69. The smallest absolute Gasteiger partial charge is 0.141 e. The Morgan fingerprint density at radius 1 is 0.926 bits per heavy atom. The number of hydrogen-bond donors (Lipinski definition) is 1. The highest BCUT2D eigenvalue weighted by Crippen LogP contribution is 2.49. The number of anilines is 1. The first-order chi connectivity index (χ1) is 13.2. The van der Waals surface area contributed by atoms with E-state index in [1.165, 1.54) is 16.7 Å². The fourth-order valence-corrected chi connectivity index (χ4v) is 4.52. The number of nitrogen functional groups attached to an aromatic ring is 1. The molecule has 4 aromatic rings. The van der Waals surface area contributed by atoms with Crippen LogP contribution in [0.15, 0.2) is 89.7 Å². The van der Waals surface area contributed by atoms with Gasteiger partial charge in [0.2, 0.25) is 0 Å². The number of para-hydroxylation sites is 1. The van der Waals surface area contributed by atoms with Crippen molar-refractivity contribution in [2.45, 2.75) is 12.0 Å². The average Bonchev–Trinajstić information content (AvgIpc) is 3.27. The first-order valence-electron chi connectivity index (χ1n) is 8.93. The molecule has 1 aromatic heterocycles. The number of nitrogens with zero attached hydrogens (tertiary/aromatic N) is 2. The minimum absolute atomic E-state index is 0.376. The van der Waals surface area contributed by atoms with Crippen LogP contribution in [0.25, 0.3) is 11.4 Å². The van der Waals surface area contributed by atoms with Crippen LogP contribution in [0.1, 0.15) is 16.7 Å². The van der Waals surface area contributed by atoms with Crippen molar-refractivity contribution < 1.29 is 0 Å². The van der Waals surface area contributed by atoms with Crippen LogP contribution in [0.4, 0.5) is 5.69 Å². The van der Waals surface area contributed by atoms with Gasteiger partial charge in [-0.3, -0.25) is 0 Å². The summed E-state index contributed by atoms with van der Waals surface area (Å²) in [6.45, 7) is 0. The molecule has 1 aliphatic heterocycles. The second kappa shape index (κ2) is 6.10. The minimum atomic E-state index is -0.376. The van der Waals surface area contributed by atoms with Gasteiger partial charge in [0.05, 0.1) is 0 Å². The molecule has 2 heterocycles. The van der Waals surface area contributed by atoms with E-state index in [0.717, 1.165) is 28.0 Å². The molecule has 0 spiro atoms. The summed E-state index contributed by atoms with van der Waals surface area (Å²) in [5.74, 6) is 1.00. The Labute approximate surface area is 166 Å². The summed E-state index contributed by atoms with van der Waals surface area (Å²) in [6, 6.07) is 25.3. The molecule has 0 aliphatic carbocycles. The fraction of sp³-hybridized carbons (Fsp3) is 0.0870. The Morgan fingerprint density at radius 2 is 1.67 bits per heavy atom. The molecule has 27 heavy (non-hydrogen) atoms. The van der Waals surface area contributed by atoms with E-state index in [2.05, 4.69) is 92.3 Å². The summed E-state index contributed by atoms with van der Waals surface area (Å²) in [5.41, 5.74) is 11.6. The number of halogens is 1. The molecule has 1 atom stereocenters. The minimum Gasteiger partial charge on any atom is -0.399 e. The zero-order valence-electron chi connectivity index (χ0n) is 14.6. The molecule has 0 radical (unpaired) electrons. The maximum Gasteiger partial charge on any atom is 0.141 e. The number of fused-ring (bicyclic) bond motifs is 3. The Balaban J connectivity index is 1.83. The van der Waals surface area contributed by atoms with Crippen molar-refractivity contribution in [3.63, 3.8) is 0 Å². The second-order valence-corrected chi connectivity index (χ2v) is 7.82. The topological polar surface area (TPSA) is 43.8 Å². The number of imidazole rings is 1. The summed E-state index contributed by atoms with van der Waals surface area (Å²) in [6.07, 6.45) is 4.73. The van der Waals surface area contributed by atoms with E-state index in [4.69, 9.17) is 5.73 Å². The van der Waals surface area contributed by atoms with Gasteiger partial charge < -0.3 is 10.3 Å². The Hall–Kier alpha value is -2.85. The van der Waals surface area contributed by atoms with Gasteiger partial charge >= 0.3 is 0 Å². The molecule has 1 unspecified atom stereocenters. The lowest BCUT2D eigenvalue weighted by Gasteiger charge is -2.34. The van der Waals surface area contributed by atoms with E-state index in [9.17, 15) is 0 Å². The first kappa shape index (κ1) is 16.3. The summed E-state index contributed by atoms with van der Waals surface area (Å²) in [7, 11) is 0. The molecule has 5 rings (SSSR count). The highest BCUT2D eigenvalue weighted by Gasteiger charge is 2.45. The van der Waals surface area contributed by atoms with Gasteiger partial charge in [0.25, 0.3) is 0 Å². The first-order valence-corrected chi connectivity index (χ1v) is 9.72. The lowest BCUT2D eigenvalue weighted by molar-refractivity contribution is 0.450. The lowest BCUT2D eigenvalue weighted by atomic mass is 9.78. The number of rotatable bonds is 3. The van der Waals surface area contributed by atoms with Crippen LogP contribution in [0.5, 0.6) is 0 Å². The van der Waals surface area contributed by atoms with Gasteiger partial charge in [-0.25, -0.2) is 4.98 Å². The van der Waals surface area contributed by atoms with Crippen molar-refractivity contribution in [3.8, 4) is 11.4 Å². The number of aromatic nitrogens is 2. The van der Waals surface area contributed by atoms with Crippen molar-refractivity contribution >= 4 is 21.6 Å². The maximum absolute atomic E-state index is 6.34. The molecule has 3 aromatic carbocycles. The van der Waals surface area contributed by atoms with Gasteiger partial charge in [0.1, 0.15) is 11.4 Å². The predicted molar refractivity (Wildman–Crippen MR) is 113 cm³/mol. The number of benzene rings is 3. The van der Waals surface area contributed by atoms with Crippen LogP contribution < -0.4 is 5.73 Å².